The van der Waals surface area contributed by atoms with Gasteiger partial charge in [-0.1, -0.05) is 23.2 Å². The molecule has 1 atom stereocenters. The third-order valence-corrected chi connectivity index (χ3v) is 3.60. The maximum Gasteiger partial charge on any atom is 0.252 e. The second kappa shape index (κ2) is 7.27. The smallest absolute Gasteiger partial charge is 0.252 e. The molecule has 20 heavy (non-hydrogen) atoms. The summed E-state index contributed by atoms with van der Waals surface area (Å²) in [5, 5.41) is 13.1. The van der Waals surface area contributed by atoms with E-state index in [1.807, 2.05) is 0 Å². The van der Waals surface area contributed by atoms with Gasteiger partial charge in [0.1, 0.15) is 0 Å². The summed E-state index contributed by atoms with van der Waals surface area (Å²) in [6.07, 6.45) is 1.69. The van der Waals surface area contributed by atoms with Gasteiger partial charge < -0.3 is 15.2 Å². The van der Waals surface area contributed by atoms with E-state index >= 15 is 0 Å². The number of aliphatic hydroxyl groups is 1. The Labute approximate surface area is 128 Å². The van der Waals surface area contributed by atoms with Crippen LogP contribution in [-0.2, 0) is 4.74 Å². The van der Waals surface area contributed by atoms with Crippen LogP contribution in [0, 0.1) is 5.92 Å². The molecule has 0 radical (unpaired) electrons. The molecule has 1 fully saturated rings. The van der Waals surface area contributed by atoms with Crippen molar-refractivity contribution in [2.75, 3.05) is 19.8 Å². The summed E-state index contributed by atoms with van der Waals surface area (Å²) in [4.78, 5) is 11.9. The predicted octanol–water partition coefficient (Wildman–Crippen LogP) is 2.51. The zero-order chi connectivity index (χ0) is 14.5. The molecule has 0 aromatic heterocycles. The van der Waals surface area contributed by atoms with Crippen molar-refractivity contribution in [2.24, 2.45) is 5.92 Å². The van der Waals surface area contributed by atoms with Crippen LogP contribution in [-0.4, -0.2) is 36.9 Å². The van der Waals surface area contributed by atoms with E-state index in [1.165, 1.54) is 18.9 Å². The molecule has 0 heterocycles. The van der Waals surface area contributed by atoms with Gasteiger partial charge in [-0.3, -0.25) is 4.79 Å². The Morgan fingerprint density at radius 1 is 1.45 bits per heavy atom. The van der Waals surface area contributed by atoms with Crippen molar-refractivity contribution in [3.63, 3.8) is 0 Å². The lowest BCUT2D eigenvalue weighted by atomic mass is 10.2. The second-order valence-electron chi connectivity index (χ2n) is 4.97. The Morgan fingerprint density at radius 3 is 2.90 bits per heavy atom. The monoisotopic (exact) mass is 317 g/mol. The van der Waals surface area contributed by atoms with Crippen molar-refractivity contribution < 1.29 is 14.6 Å². The summed E-state index contributed by atoms with van der Waals surface area (Å²) < 4.78 is 5.35. The van der Waals surface area contributed by atoms with Gasteiger partial charge in [-0.25, -0.2) is 0 Å². The quantitative estimate of drug-likeness (QED) is 0.812. The highest BCUT2D eigenvalue weighted by Crippen LogP contribution is 2.28. The van der Waals surface area contributed by atoms with Crippen molar-refractivity contribution in [1.82, 2.24) is 5.32 Å². The highest BCUT2D eigenvalue weighted by Gasteiger charge is 2.21. The molecule has 1 aliphatic rings. The summed E-state index contributed by atoms with van der Waals surface area (Å²) in [7, 11) is 0. The number of nitrogens with one attached hydrogen (secondary N) is 1. The van der Waals surface area contributed by atoms with E-state index in [-0.39, 0.29) is 19.1 Å². The minimum atomic E-state index is -0.726. The number of hydrogen-bond acceptors (Lipinski definition) is 3. The van der Waals surface area contributed by atoms with E-state index in [1.54, 1.807) is 12.1 Å². The molecular weight excluding hydrogens is 301 g/mol. The standard InChI is InChI=1S/C14H17Cl2NO3/c15-10-3-4-13(16)12(5-10)14(19)17-6-11(18)8-20-7-9-1-2-9/h3-5,9,11,18H,1-2,6-8H2,(H,17,19). The molecule has 1 aromatic rings. The maximum absolute atomic E-state index is 11.9. The average Bonchev–Trinajstić information content (AvgIpc) is 3.23. The Bertz CT molecular complexity index is 477. The molecular formula is C14H17Cl2NO3. The number of amides is 1. The molecule has 0 bridgehead atoms. The van der Waals surface area contributed by atoms with Crippen LogP contribution < -0.4 is 5.32 Å². The summed E-state index contributed by atoms with van der Waals surface area (Å²) in [5.41, 5.74) is 0.297. The maximum atomic E-state index is 11.9. The van der Waals surface area contributed by atoms with Crippen molar-refractivity contribution in [3.8, 4) is 0 Å². The van der Waals surface area contributed by atoms with Crippen LogP contribution in [0.1, 0.15) is 23.2 Å². The third kappa shape index (κ3) is 4.94. The van der Waals surface area contributed by atoms with E-state index in [0.29, 0.717) is 28.1 Å². The molecule has 1 unspecified atom stereocenters. The van der Waals surface area contributed by atoms with Crippen LogP contribution in [0.2, 0.25) is 10.0 Å². The minimum Gasteiger partial charge on any atom is -0.389 e. The third-order valence-electron chi connectivity index (χ3n) is 3.03. The zero-order valence-electron chi connectivity index (χ0n) is 10.9. The molecule has 2 N–H and O–H groups in total. The van der Waals surface area contributed by atoms with Crippen molar-refractivity contribution >= 4 is 29.1 Å². The fourth-order valence-corrected chi connectivity index (χ4v) is 2.07. The molecule has 110 valence electrons. The first-order valence-electron chi connectivity index (χ1n) is 6.55. The van der Waals surface area contributed by atoms with Gasteiger partial charge in [0.05, 0.1) is 23.3 Å². The number of ether oxygens (including phenoxy) is 1. The average molecular weight is 318 g/mol. The molecule has 0 spiro atoms. The van der Waals surface area contributed by atoms with Crippen LogP contribution in [0.15, 0.2) is 18.2 Å². The molecule has 4 nitrogen and oxygen atoms in total. The predicted molar refractivity (Wildman–Crippen MR) is 78.3 cm³/mol. The van der Waals surface area contributed by atoms with E-state index in [9.17, 15) is 9.90 Å². The van der Waals surface area contributed by atoms with Crippen molar-refractivity contribution in [1.29, 1.82) is 0 Å². The van der Waals surface area contributed by atoms with Gasteiger partial charge in [0.25, 0.3) is 5.91 Å². The van der Waals surface area contributed by atoms with Crippen LogP contribution in [0.5, 0.6) is 0 Å². The van der Waals surface area contributed by atoms with Gasteiger partial charge in [0.2, 0.25) is 0 Å². The SMILES string of the molecule is O=C(NCC(O)COCC1CC1)c1cc(Cl)ccc1Cl. The molecule has 1 saturated carbocycles. The highest BCUT2D eigenvalue weighted by atomic mass is 35.5. The van der Waals surface area contributed by atoms with Crippen molar-refractivity contribution in [2.45, 2.75) is 18.9 Å². The second-order valence-corrected chi connectivity index (χ2v) is 5.81. The Kier molecular flexibility index (Phi) is 5.66. The fraction of sp³-hybridized carbons (Fsp3) is 0.500. The van der Waals surface area contributed by atoms with Crippen molar-refractivity contribution in [3.05, 3.63) is 33.8 Å². The van der Waals surface area contributed by atoms with E-state index in [0.717, 1.165) is 0 Å². The minimum absolute atomic E-state index is 0.117. The van der Waals surface area contributed by atoms with Crippen LogP contribution in [0.4, 0.5) is 0 Å². The molecule has 2 rings (SSSR count). The summed E-state index contributed by atoms with van der Waals surface area (Å²) in [6.45, 7) is 1.03. The molecule has 1 aliphatic carbocycles. The van der Waals surface area contributed by atoms with Gasteiger partial charge >= 0.3 is 0 Å². The Balaban J connectivity index is 1.74. The Hall–Kier alpha value is -0.810. The van der Waals surface area contributed by atoms with Crippen LogP contribution in [0.25, 0.3) is 0 Å². The lowest BCUT2D eigenvalue weighted by molar-refractivity contribution is 0.0321. The number of aliphatic hydroxyl groups excluding tert-OH is 1. The van der Waals surface area contributed by atoms with Gasteiger partial charge in [0.15, 0.2) is 0 Å². The Morgan fingerprint density at radius 2 is 2.20 bits per heavy atom. The van der Waals surface area contributed by atoms with E-state index in [4.69, 9.17) is 27.9 Å². The lowest BCUT2D eigenvalue weighted by Gasteiger charge is -2.13. The molecule has 6 heteroatoms. The topological polar surface area (TPSA) is 58.6 Å². The zero-order valence-corrected chi connectivity index (χ0v) is 12.5. The van der Waals surface area contributed by atoms with E-state index in [2.05, 4.69) is 5.32 Å². The number of benzene rings is 1. The number of rotatable bonds is 7. The number of hydrogen-bond donors (Lipinski definition) is 2. The molecule has 1 aromatic carbocycles. The van der Waals surface area contributed by atoms with Gasteiger partial charge in [-0.05, 0) is 37.0 Å². The van der Waals surface area contributed by atoms with Crippen LogP contribution in [0.3, 0.4) is 0 Å². The normalized spacial score (nSPS) is 15.9. The fourth-order valence-electron chi connectivity index (χ4n) is 1.69. The summed E-state index contributed by atoms with van der Waals surface area (Å²) in [6, 6.07) is 4.67. The largest absolute Gasteiger partial charge is 0.389 e. The summed E-state index contributed by atoms with van der Waals surface area (Å²) >= 11 is 11.7. The number of halogens is 2. The molecule has 0 aliphatic heterocycles. The van der Waals surface area contributed by atoms with Gasteiger partial charge in [-0.15, -0.1) is 0 Å². The van der Waals surface area contributed by atoms with Crippen LogP contribution >= 0.6 is 23.2 Å². The van der Waals surface area contributed by atoms with Gasteiger partial charge in [-0.2, -0.15) is 0 Å². The first kappa shape index (κ1) is 15.6. The number of carbonyl (C=O) groups is 1. The van der Waals surface area contributed by atoms with Gasteiger partial charge in [0, 0.05) is 18.2 Å². The molecule has 0 saturated heterocycles. The van der Waals surface area contributed by atoms with E-state index < -0.39 is 6.10 Å². The molecule has 1 amide bonds. The summed E-state index contributed by atoms with van der Waals surface area (Å²) in [5.74, 6) is 0.292. The number of carbonyl (C=O) groups excluding carboxylic acids is 1. The lowest BCUT2D eigenvalue weighted by Crippen LogP contribution is -2.34. The highest BCUT2D eigenvalue weighted by molar-refractivity contribution is 6.35. The first-order valence-corrected chi connectivity index (χ1v) is 7.31. The first-order chi connectivity index (χ1) is 9.56.